The summed E-state index contributed by atoms with van der Waals surface area (Å²) in [5.41, 5.74) is 0.253. The number of carboxylic acids is 1. The van der Waals surface area contributed by atoms with Crippen molar-refractivity contribution >= 4 is 27.6 Å². The van der Waals surface area contributed by atoms with E-state index in [-0.39, 0.29) is 6.42 Å². The highest BCUT2D eigenvalue weighted by molar-refractivity contribution is 9.10. The second-order valence-electron chi connectivity index (χ2n) is 5.19. The lowest BCUT2D eigenvalue weighted by Gasteiger charge is -2.10. The van der Waals surface area contributed by atoms with Crippen molar-refractivity contribution in [2.75, 3.05) is 13.1 Å². The number of carboxylic acid groups (broad SMARTS) is 1. The Morgan fingerprint density at radius 2 is 1.52 bits per heavy atom. The molecule has 0 aliphatic carbocycles. The molecule has 1 aromatic rings. The molecule has 140 valence electrons. The number of benzene rings is 1. The summed E-state index contributed by atoms with van der Waals surface area (Å²) in [5, 5.41) is 8.78. The van der Waals surface area contributed by atoms with Gasteiger partial charge in [0.2, 0.25) is 0 Å². The predicted octanol–water partition coefficient (Wildman–Crippen LogP) is 3.10. The predicted molar refractivity (Wildman–Crippen MR) is 79.2 cm³/mol. The Morgan fingerprint density at radius 3 is 1.92 bits per heavy atom. The van der Waals surface area contributed by atoms with E-state index in [1.54, 1.807) is 24.3 Å². The van der Waals surface area contributed by atoms with Crippen molar-refractivity contribution in [1.82, 2.24) is 0 Å². The maximum Gasteiger partial charge on any atom is 0.472 e. The van der Waals surface area contributed by atoms with Gasteiger partial charge < -0.3 is 9.90 Å². The number of carbonyl (C=O) groups excluding carboxylic acids is 1. The molecular formula is C15H14BrF6NO2. The summed E-state index contributed by atoms with van der Waals surface area (Å²) in [6, 6.07) is 7.06. The lowest BCUT2D eigenvalue weighted by Crippen LogP contribution is -2.37. The van der Waals surface area contributed by atoms with Crippen LogP contribution in [-0.2, 0) is 11.2 Å². The van der Waals surface area contributed by atoms with E-state index < -0.39 is 24.0 Å². The fourth-order valence-corrected chi connectivity index (χ4v) is 2.63. The molecule has 0 unspecified atom stereocenters. The first kappa shape index (κ1) is 21.5. The van der Waals surface area contributed by atoms with E-state index >= 15 is 0 Å². The minimum atomic E-state index is -5.19. The van der Waals surface area contributed by atoms with Crippen LogP contribution in [0.2, 0.25) is 0 Å². The van der Waals surface area contributed by atoms with Gasteiger partial charge in [-0.1, -0.05) is 34.1 Å². The zero-order valence-electron chi connectivity index (χ0n) is 12.8. The molecule has 0 radical (unpaired) electrons. The third kappa shape index (κ3) is 7.05. The summed E-state index contributed by atoms with van der Waals surface area (Å²) in [6.45, 7) is 1.03. The highest BCUT2D eigenvalue weighted by atomic mass is 79.9. The number of hydrogen-bond acceptors (Lipinski definition) is 2. The molecule has 1 aromatic carbocycles. The van der Waals surface area contributed by atoms with Crippen molar-refractivity contribution < 1.29 is 40.8 Å². The van der Waals surface area contributed by atoms with Gasteiger partial charge in [-0.25, -0.2) is 4.58 Å². The van der Waals surface area contributed by atoms with E-state index in [0.29, 0.717) is 18.7 Å². The highest BCUT2D eigenvalue weighted by Crippen LogP contribution is 2.25. The van der Waals surface area contributed by atoms with Crippen molar-refractivity contribution in [1.29, 1.82) is 0 Å². The average Bonchev–Trinajstić information content (AvgIpc) is 2.98. The number of alkyl halides is 6. The van der Waals surface area contributed by atoms with Crippen molar-refractivity contribution in [3.05, 3.63) is 34.3 Å². The molecule has 1 fully saturated rings. The maximum absolute atomic E-state index is 13.1. The van der Waals surface area contributed by atoms with Gasteiger partial charge in [-0.3, -0.25) is 0 Å². The summed E-state index contributed by atoms with van der Waals surface area (Å²) in [6.07, 6.45) is -7.82. The Balaban J connectivity index is 0.000000381. The monoisotopic (exact) mass is 433 g/mol. The SMILES string of the molecule is FC(F)(F)C(Cc1ccccc1Br)=[N+]1CCCC1.O=C([O-])C(F)(F)F. The summed E-state index contributed by atoms with van der Waals surface area (Å²) in [5.74, 6) is -3.01. The van der Waals surface area contributed by atoms with Gasteiger partial charge in [-0.15, -0.1) is 0 Å². The second-order valence-corrected chi connectivity index (χ2v) is 6.05. The second kappa shape index (κ2) is 8.68. The fourth-order valence-electron chi connectivity index (χ4n) is 2.20. The molecule has 0 saturated carbocycles. The van der Waals surface area contributed by atoms with Crippen LogP contribution in [0.1, 0.15) is 18.4 Å². The van der Waals surface area contributed by atoms with Crippen molar-refractivity contribution in [3.63, 3.8) is 0 Å². The summed E-state index contributed by atoms with van der Waals surface area (Å²) in [4.78, 5) is 8.78. The van der Waals surface area contributed by atoms with Crippen LogP contribution in [0.25, 0.3) is 0 Å². The number of hydrogen-bond donors (Lipinski definition) is 0. The van der Waals surface area contributed by atoms with E-state index in [4.69, 9.17) is 9.90 Å². The third-order valence-electron chi connectivity index (χ3n) is 3.36. The van der Waals surface area contributed by atoms with Crippen molar-refractivity contribution in [2.24, 2.45) is 0 Å². The summed E-state index contributed by atoms with van der Waals surface area (Å²) >= 11 is 3.30. The van der Waals surface area contributed by atoms with Gasteiger partial charge in [0, 0.05) is 17.3 Å². The zero-order valence-corrected chi connectivity index (χ0v) is 14.3. The van der Waals surface area contributed by atoms with E-state index in [1.807, 2.05) is 0 Å². The largest absolute Gasteiger partial charge is 0.542 e. The minimum absolute atomic E-state index is 0.0646. The van der Waals surface area contributed by atoms with Crippen LogP contribution >= 0.6 is 15.9 Å². The topological polar surface area (TPSA) is 43.1 Å². The number of aliphatic carboxylic acids is 1. The Hall–Kier alpha value is -1.58. The minimum Gasteiger partial charge on any atom is -0.542 e. The molecule has 1 aliphatic rings. The van der Waals surface area contributed by atoms with E-state index in [1.165, 1.54) is 4.58 Å². The molecule has 0 amide bonds. The number of nitrogens with zero attached hydrogens (tertiary/aromatic N) is 1. The maximum atomic E-state index is 13.1. The average molecular weight is 434 g/mol. The smallest absolute Gasteiger partial charge is 0.472 e. The number of carbonyl (C=O) groups is 1. The van der Waals surface area contributed by atoms with E-state index in [0.717, 1.165) is 17.3 Å². The Morgan fingerprint density at radius 1 is 1.04 bits per heavy atom. The lowest BCUT2D eigenvalue weighted by molar-refractivity contribution is -0.514. The first-order chi connectivity index (χ1) is 11.4. The molecule has 0 N–H and O–H groups in total. The van der Waals surface area contributed by atoms with Crippen LogP contribution in [0.3, 0.4) is 0 Å². The van der Waals surface area contributed by atoms with Gasteiger partial charge in [-0.2, -0.15) is 26.3 Å². The van der Waals surface area contributed by atoms with Gasteiger partial charge in [0.15, 0.2) is 0 Å². The first-order valence-electron chi connectivity index (χ1n) is 7.12. The van der Waals surface area contributed by atoms with Gasteiger partial charge in [0.05, 0.1) is 6.42 Å². The molecule has 2 rings (SSSR count). The van der Waals surface area contributed by atoms with Crippen LogP contribution in [0, 0.1) is 0 Å². The lowest BCUT2D eigenvalue weighted by atomic mass is 10.1. The van der Waals surface area contributed by atoms with Gasteiger partial charge in [-0.05, 0) is 11.6 Å². The molecule has 1 saturated heterocycles. The molecular weight excluding hydrogens is 420 g/mol. The summed E-state index contributed by atoms with van der Waals surface area (Å²) in [7, 11) is 0. The van der Waals surface area contributed by atoms with Crippen LogP contribution < -0.4 is 5.11 Å². The van der Waals surface area contributed by atoms with Gasteiger partial charge >= 0.3 is 12.4 Å². The quantitative estimate of drug-likeness (QED) is 0.531. The van der Waals surface area contributed by atoms with Crippen LogP contribution in [0.15, 0.2) is 28.7 Å². The molecule has 0 aromatic heterocycles. The Labute approximate surface area is 148 Å². The summed E-state index contributed by atoms with van der Waals surface area (Å²) < 4.78 is 73.0. The van der Waals surface area contributed by atoms with E-state index in [9.17, 15) is 26.3 Å². The van der Waals surface area contributed by atoms with Crippen LogP contribution in [0.4, 0.5) is 26.3 Å². The number of halogens is 7. The number of rotatable bonds is 2. The van der Waals surface area contributed by atoms with Gasteiger partial charge in [0.25, 0.3) is 5.71 Å². The van der Waals surface area contributed by atoms with Crippen LogP contribution in [-0.4, -0.2) is 41.7 Å². The van der Waals surface area contributed by atoms with Crippen LogP contribution in [0.5, 0.6) is 0 Å². The molecule has 1 aliphatic heterocycles. The molecule has 10 heteroatoms. The van der Waals surface area contributed by atoms with Crippen molar-refractivity contribution in [2.45, 2.75) is 31.6 Å². The fraction of sp³-hybridized carbons (Fsp3) is 0.467. The molecule has 3 nitrogen and oxygen atoms in total. The van der Waals surface area contributed by atoms with Gasteiger partial charge in [0.1, 0.15) is 19.1 Å². The van der Waals surface area contributed by atoms with Crippen molar-refractivity contribution in [3.8, 4) is 0 Å². The third-order valence-corrected chi connectivity index (χ3v) is 4.14. The molecule has 25 heavy (non-hydrogen) atoms. The Bertz CT molecular complexity index is 632. The van der Waals surface area contributed by atoms with E-state index in [2.05, 4.69) is 15.9 Å². The molecule has 1 heterocycles. The zero-order chi connectivity index (χ0) is 19.3. The standard InChI is InChI=1S/C13H14BrF3N.C2HF3O2/c14-11-6-2-1-5-10(11)9-12(13(15,16)17)18-7-3-4-8-18;3-2(4,5)1(6)7/h1-2,5-6H,3-4,7-9H2;(H,6,7)/q+1;/p-1. The highest BCUT2D eigenvalue weighted by Gasteiger charge is 2.44. The molecule has 0 spiro atoms. The first-order valence-corrected chi connectivity index (χ1v) is 7.91. The molecule has 0 atom stereocenters. The Kier molecular flexibility index (Phi) is 7.45. The molecule has 0 bridgehead atoms. The normalized spacial score (nSPS) is 14.8.